The summed E-state index contributed by atoms with van der Waals surface area (Å²) in [6, 6.07) is 14.1. The zero-order valence-electron chi connectivity index (χ0n) is 17.8. The minimum atomic E-state index is -0.194. The molecule has 0 atom stereocenters. The maximum atomic E-state index is 14.6. The summed E-state index contributed by atoms with van der Waals surface area (Å²) in [5.41, 5.74) is 4.13. The standard InChI is InChI=1S/C27H35FO/c1-3-5-6-9-21-12-14-22(15-13-21)25-10-7-8-11-26(25)23-16-17-24(27(28)19-23)20-29-18-4-2/h4,7-8,10-11,16-17,19,21-22H,2-3,5-6,9,12-15,18,20H2,1H3/t21-,22-. The maximum Gasteiger partial charge on any atom is 0.129 e. The van der Waals surface area contributed by atoms with Crippen molar-refractivity contribution in [3.8, 4) is 11.1 Å². The third kappa shape index (κ3) is 6.02. The zero-order valence-corrected chi connectivity index (χ0v) is 17.8. The molecular formula is C27H35FO. The van der Waals surface area contributed by atoms with Gasteiger partial charge < -0.3 is 4.74 Å². The highest BCUT2D eigenvalue weighted by Gasteiger charge is 2.24. The predicted octanol–water partition coefficient (Wildman–Crippen LogP) is 8.05. The topological polar surface area (TPSA) is 9.23 Å². The first-order valence-electron chi connectivity index (χ1n) is 11.3. The first kappa shape index (κ1) is 21.8. The van der Waals surface area contributed by atoms with E-state index in [-0.39, 0.29) is 12.4 Å². The van der Waals surface area contributed by atoms with Crippen LogP contribution >= 0.6 is 0 Å². The molecule has 0 aliphatic heterocycles. The van der Waals surface area contributed by atoms with Crippen molar-refractivity contribution in [2.24, 2.45) is 5.92 Å². The third-order valence-electron chi connectivity index (χ3n) is 6.32. The molecule has 1 aliphatic carbocycles. The van der Waals surface area contributed by atoms with Gasteiger partial charge in [-0.2, -0.15) is 0 Å². The average Bonchev–Trinajstić information content (AvgIpc) is 2.76. The molecule has 2 aromatic carbocycles. The summed E-state index contributed by atoms with van der Waals surface area (Å²) in [5.74, 6) is 1.30. The lowest BCUT2D eigenvalue weighted by Crippen LogP contribution is -2.14. The highest BCUT2D eigenvalue weighted by Crippen LogP contribution is 2.41. The fraction of sp³-hybridized carbons (Fsp3) is 0.481. The molecule has 0 radical (unpaired) electrons. The van der Waals surface area contributed by atoms with Gasteiger partial charge in [-0.25, -0.2) is 4.39 Å². The molecule has 0 N–H and O–H groups in total. The number of ether oxygens (including phenoxy) is 1. The van der Waals surface area contributed by atoms with Gasteiger partial charge >= 0.3 is 0 Å². The van der Waals surface area contributed by atoms with Crippen molar-refractivity contribution >= 4 is 0 Å². The molecule has 0 aromatic heterocycles. The van der Waals surface area contributed by atoms with Crippen LogP contribution in [0.3, 0.4) is 0 Å². The van der Waals surface area contributed by atoms with Crippen molar-refractivity contribution < 1.29 is 9.13 Å². The lowest BCUT2D eigenvalue weighted by Gasteiger charge is -2.30. The Morgan fingerprint density at radius 3 is 2.59 bits per heavy atom. The molecule has 0 saturated heterocycles. The van der Waals surface area contributed by atoms with Crippen LogP contribution in [0.1, 0.15) is 75.3 Å². The monoisotopic (exact) mass is 394 g/mol. The van der Waals surface area contributed by atoms with Crippen molar-refractivity contribution in [2.75, 3.05) is 6.61 Å². The van der Waals surface area contributed by atoms with Crippen molar-refractivity contribution in [1.29, 1.82) is 0 Å². The Hall–Kier alpha value is -1.93. The molecule has 0 heterocycles. The largest absolute Gasteiger partial charge is 0.373 e. The maximum absolute atomic E-state index is 14.6. The SMILES string of the molecule is C=CCOCc1ccc(-c2ccccc2[C@H]2CC[C@H](CCCCC)CC2)cc1F. The van der Waals surface area contributed by atoms with E-state index in [2.05, 4.69) is 37.8 Å². The fourth-order valence-corrected chi connectivity index (χ4v) is 4.65. The number of unbranched alkanes of at least 4 members (excludes halogenated alkanes) is 2. The van der Waals surface area contributed by atoms with Gasteiger partial charge in [-0.1, -0.05) is 75.1 Å². The molecular weight excluding hydrogens is 359 g/mol. The Kier molecular flexibility index (Phi) is 8.49. The molecule has 1 saturated carbocycles. The quantitative estimate of drug-likeness (QED) is 0.292. The van der Waals surface area contributed by atoms with E-state index in [1.54, 1.807) is 12.1 Å². The number of benzene rings is 2. The average molecular weight is 395 g/mol. The van der Waals surface area contributed by atoms with Gasteiger partial charge in [0.05, 0.1) is 13.2 Å². The lowest BCUT2D eigenvalue weighted by atomic mass is 9.75. The zero-order chi connectivity index (χ0) is 20.5. The van der Waals surface area contributed by atoms with Crippen LogP contribution < -0.4 is 0 Å². The normalized spacial score (nSPS) is 19.2. The van der Waals surface area contributed by atoms with Crippen molar-refractivity contribution in [1.82, 2.24) is 0 Å². The van der Waals surface area contributed by atoms with Gasteiger partial charge in [0.15, 0.2) is 0 Å². The Balaban J connectivity index is 1.70. The Morgan fingerprint density at radius 2 is 1.86 bits per heavy atom. The van der Waals surface area contributed by atoms with Gasteiger partial charge in [0, 0.05) is 5.56 Å². The summed E-state index contributed by atoms with van der Waals surface area (Å²) in [4.78, 5) is 0. The molecule has 0 unspecified atom stereocenters. The molecule has 1 fully saturated rings. The summed E-state index contributed by atoms with van der Waals surface area (Å²) >= 11 is 0. The summed E-state index contributed by atoms with van der Waals surface area (Å²) in [6.07, 6.45) is 12.3. The molecule has 0 bridgehead atoms. The van der Waals surface area contributed by atoms with E-state index in [9.17, 15) is 4.39 Å². The molecule has 1 nitrogen and oxygen atoms in total. The van der Waals surface area contributed by atoms with E-state index < -0.39 is 0 Å². The lowest BCUT2D eigenvalue weighted by molar-refractivity contribution is 0.146. The second kappa shape index (κ2) is 11.3. The minimum absolute atomic E-state index is 0.194. The van der Waals surface area contributed by atoms with Crippen molar-refractivity contribution in [3.63, 3.8) is 0 Å². The van der Waals surface area contributed by atoms with Crippen LogP contribution in [0.15, 0.2) is 55.1 Å². The van der Waals surface area contributed by atoms with Gasteiger partial charge in [-0.05, 0) is 60.3 Å². The number of hydrogen-bond donors (Lipinski definition) is 0. The number of rotatable bonds is 10. The Morgan fingerprint density at radius 1 is 1.07 bits per heavy atom. The van der Waals surface area contributed by atoms with Crippen LogP contribution in [0, 0.1) is 11.7 Å². The van der Waals surface area contributed by atoms with Crippen LogP contribution in [-0.2, 0) is 11.3 Å². The van der Waals surface area contributed by atoms with Gasteiger partial charge in [0.2, 0.25) is 0 Å². The molecule has 156 valence electrons. The summed E-state index contributed by atoms with van der Waals surface area (Å²) < 4.78 is 20.0. The molecule has 29 heavy (non-hydrogen) atoms. The molecule has 1 aliphatic rings. The molecule has 2 aromatic rings. The third-order valence-corrected chi connectivity index (χ3v) is 6.32. The van der Waals surface area contributed by atoms with E-state index in [0.717, 1.165) is 11.5 Å². The van der Waals surface area contributed by atoms with Crippen LogP contribution in [0.25, 0.3) is 11.1 Å². The van der Waals surface area contributed by atoms with Gasteiger partial charge in [-0.3, -0.25) is 0 Å². The highest BCUT2D eigenvalue weighted by atomic mass is 19.1. The summed E-state index contributed by atoms with van der Waals surface area (Å²) in [5, 5.41) is 0. The fourth-order valence-electron chi connectivity index (χ4n) is 4.65. The van der Waals surface area contributed by atoms with E-state index in [1.165, 1.54) is 62.5 Å². The van der Waals surface area contributed by atoms with Gasteiger partial charge in [0.25, 0.3) is 0 Å². The van der Waals surface area contributed by atoms with Gasteiger partial charge in [0.1, 0.15) is 5.82 Å². The van der Waals surface area contributed by atoms with E-state index in [0.29, 0.717) is 18.1 Å². The molecule has 3 rings (SSSR count). The van der Waals surface area contributed by atoms with Crippen LogP contribution in [0.2, 0.25) is 0 Å². The highest BCUT2D eigenvalue weighted by molar-refractivity contribution is 5.68. The number of hydrogen-bond acceptors (Lipinski definition) is 1. The van der Waals surface area contributed by atoms with Crippen LogP contribution in [-0.4, -0.2) is 6.61 Å². The minimum Gasteiger partial charge on any atom is -0.373 e. The van der Waals surface area contributed by atoms with E-state index in [1.807, 2.05) is 12.1 Å². The van der Waals surface area contributed by atoms with Crippen LogP contribution in [0.5, 0.6) is 0 Å². The molecule has 2 heteroatoms. The first-order valence-corrected chi connectivity index (χ1v) is 11.3. The summed E-state index contributed by atoms with van der Waals surface area (Å²) in [7, 11) is 0. The molecule has 0 spiro atoms. The first-order chi connectivity index (χ1) is 14.2. The molecule has 0 amide bonds. The van der Waals surface area contributed by atoms with E-state index >= 15 is 0 Å². The second-order valence-electron chi connectivity index (χ2n) is 8.41. The van der Waals surface area contributed by atoms with Crippen molar-refractivity contribution in [2.45, 2.75) is 70.8 Å². The smallest absolute Gasteiger partial charge is 0.129 e. The number of halogens is 1. The van der Waals surface area contributed by atoms with Crippen LogP contribution in [0.4, 0.5) is 4.39 Å². The van der Waals surface area contributed by atoms with Crippen molar-refractivity contribution in [3.05, 3.63) is 72.1 Å². The second-order valence-corrected chi connectivity index (χ2v) is 8.41. The predicted molar refractivity (Wildman–Crippen MR) is 121 cm³/mol. The Labute approximate surface area is 176 Å². The summed E-state index contributed by atoms with van der Waals surface area (Å²) in [6.45, 7) is 6.62. The van der Waals surface area contributed by atoms with Gasteiger partial charge in [-0.15, -0.1) is 6.58 Å². The van der Waals surface area contributed by atoms with E-state index in [4.69, 9.17) is 4.74 Å². The Bertz CT molecular complexity index is 774.